The lowest BCUT2D eigenvalue weighted by Gasteiger charge is -2.19. The van der Waals surface area contributed by atoms with E-state index in [1.807, 2.05) is 0 Å². The van der Waals surface area contributed by atoms with Gasteiger partial charge in [0, 0.05) is 24.2 Å². The van der Waals surface area contributed by atoms with Gasteiger partial charge in [0.05, 0.1) is 4.90 Å². The highest BCUT2D eigenvalue weighted by molar-refractivity contribution is 7.89. The lowest BCUT2D eigenvalue weighted by Crippen LogP contribution is -2.30. The number of hydrogen-bond acceptors (Lipinski definition) is 3. The van der Waals surface area contributed by atoms with Crippen molar-refractivity contribution in [3.8, 4) is 0 Å². The standard InChI is InChI=1S/C14H19ClN2O3S/c1-8-4-10(8)7-17(3)14(18)12-5-11(21(16,19)20)6-13(15)9(12)2/h5-6,8,10H,4,7H2,1-3H3,(H2,16,19,20). The molecule has 21 heavy (non-hydrogen) atoms. The second kappa shape index (κ2) is 5.59. The van der Waals surface area contributed by atoms with Gasteiger partial charge in [-0.1, -0.05) is 18.5 Å². The third-order valence-electron chi connectivity index (χ3n) is 4.01. The zero-order chi connectivity index (χ0) is 15.9. The molecule has 1 fully saturated rings. The topological polar surface area (TPSA) is 80.5 Å². The van der Waals surface area contributed by atoms with Gasteiger partial charge in [-0.25, -0.2) is 13.6 Å². The molecule has 2 unspecified atom stereocenters. The molecule has 5 nitrogen and oxygen atoms in total. The molecule has 0 saturated heterocycles. The Bertz CT molecular complexity index is 688. The van der Waals surface area contributed by atoms with Crippen LogP contribution in [-0.4, -0.2) is 32.8 Å². The summed E-state index contributed by atoms with van der Waals surface area (Å²) in [5, 5.41) is 5.34. The fourth-order valence-electron chi connectivity index (χ4n) is 2.33. The molecule has 7 heteroatoms. The molecule has 0 aliphatic heterocycles. The number of carbonyl (C=O) groups excluding carboxylic acids is 1. The van der Waals surface area contributed by atoms with Gasteiger partial charge in [-0.15, -0.1) is 0 Å². The summed E-state index contributed by atoms with van der Waals surface area (Å²) in [4.78, 5) is 14.0. The van der Waals surface area contributed by atoms with Crippen LogP contribution in [0.15, 0.2) is 17.0 Å². The summed E-state index contributed by atoms with van der Waals surface area (Å²) in [5.74, 6) is 0.927. The van der Waals surface area contributed by atoms with E-state index in [1.54, 1.807) is 18.9 Å². The predicted octanol–water partition coefficient (Wildman–Crippen LogP) is 2.02. The molecule has 0 aromatic heterocycles. The highest BCUT2D eigenvalue weighted by Gasteiger charge is 2.34. The number of nitrogens with two attached hydrogens (primary N) is 1. The van der Waals surface area contributed by atoms with Crippen LogP contribution in [0, 0.1) is 18.8 Å². The molecule has 0 radical (unpaired) electrons. The maximum Gasteiger partial charge on any atom is 0.253 e. The second-order valence-electron chi connectivity index (χ2n) is 5.78. The Kier molecular flexibility index (Phi) is 4.33. The average molecular weight is 331 g/mol. The van der Waals surface area contributed by atoms with Crippen molar-refractivity contribution in [2.75, 3.05) is 13.6 Å². The van der Waals surface area contributed by atoms with Crippen LogP contribution < -0.4 is 5.14 Å². The summed E-state index contributed by atoms with van der Waals surface area (Å²) in [6.45, 7) is 4.50. The molecule has 2 N–H and O–H groups in total. The highest BCUT2D eigenvalue weighted by atomic mass is 35.5. The molecule has 2 rings (SSSR count). The molecule has 2 atom stereocenters. The maximum atomic E-state index is 12.5. The fraction of sp³-hybridized carbons (Fsp3) is 0.500. The van der Waals surface area contributed by atoms with Crippen LogP contribution in [0.25, 0.3) is 0 Å². The second-order valence-corrected chi connectivity index (χ2v) is 7.75. The van der Waals surface area contributed by atoms with E-state index in [-0.39, 0.29) is 21.4 Å². The average Bonchev–Trinajstić information content (AvgIpc) is 3.05. The van der Waals surface area contributed by atoms with Crippen molar-refractivity contribution in [3.05, 3.63) is 28.3 Å². The van der Waals surface area contributed by atoms with Crippen molar-refractivity contribution in [2.24, 2.45) is 17.0 Å². The minimum absolute atomic E-state index is 0.144. The first kappa shape index (κ1) is 16.3. The number of carbonyl (C=O) groups is 1. The predicted molar refractivity (Wildman–Crippen MR) is 81.8 cm³/mol. The van der Waals surface area contributed by atoms with Gasteiger partial charge in [0.25, 0.3) is 5.91 Å². The van der Waals surface area contributed by atoms with Gasteiger partial charge in [0.15, 0.2) is 0 Å². The number of halogens is 1. The molecule has 0 bridgehead atoms. The molecular weight excluding hydrogens is 312 g/mol. The summed E-state index contributed by atoms with van der Waals surface area (Å²) in [6.07, 6.45) is 1.12. The number of primary sulfonamides is 1. The van der Waals surface area contributed by atoms with Crippen LogP contribution in [0.4, 0.5) is 0 Å². The highest BCUT2D eigenvalue weighted by Crippen LogP contribution is 2.38. The SMILES string of the molecule is Cc1c(Cl)cc(S(N)(=O)=O)cc1C(=O)N(C)CC1CC1C. The van der Waals surface area contributed by atoms with Crippen LogP contribution >= 0.6 is 11.6 Å². The van der Waals surface area contributed by atoms with Crippen LogP contribution in [0.1, 0.15) is 29.3 Å². The van der Waals surface area contributed by atoms with Gasteiger partial charge in [0.1, 0.15) is 0 Å². The number of benzene rings is 1. The van der Waals surface area contributed by atoms with Gasteiger partial charge < -0.3 is 4.90 Å². The lowest BCUT2D eigenvalue weighted by atomic mass is 10.1. The minimum atomic E-state index is -3.90. The first-order chi connectivity index (χ1) is 9.61. The summed E-state index contributed by atoms with van der Waals surface area (Å²) in [6, 6.07) is 2.57. The van der Waals surface area contributed by atoms with Crippen LogP contribution in [0.5, 0.6) is 0 Å². The van der Waals surface area contributed by atoms with E-state index in [9.17, 15) is 13.2 Å². The lowest BCUT2D eigenvalue weighted by molar-refractivity contribution is 0.0786. The van der Waals surface area contributed by atoms with Gasteiger partial charge in [-0.2, -0.15) is 0 Å². The number of sulfonamides is 1. The Morgan fingerprint density at radius 2 is 2.05 bits per heavy atom. The Labute approximate surface area is 130 Å². The molecular formula is C14H19ClN2O3S. The van der Waals surface area contributed by atoms with Crippen molar-refractivity contribution in [1.82, 2.24) is 4.90 Å². The molecule has 1 aliphatic rings. The van der Waals surface area contributed by atoms with Gasteiger partial charge in [-0.05, 0) is 42.9 Å². The Balaban J connectivity index is 2.33. The summed E-state index contributed by atoms with van der Waals surface area (Å²) in [7, 11) is -2.19. The quantitative estimate of drug-likeness (QED) is 0.917. The largest absolute Gasteiger partial charge is 0.341 e. The van der Waals surface area contributed by atoms with Gasteiger partial charge >= 0.3 is 0 Å². The molecule has 0 spiro atoms. The first-order valence-corrected chi connectivity index (χ1v) is 8.62. The van der Waals surface area contributed by atoms with E-state index in [1.165, 1.54) is 12.1 Å². The summed E-state index contributed by atoms with van der Waals surface area (Å²) in [5.41, 5.74) is 0.840. The van der Waals surface area contributed by atoms with Crippen LogP contribution in [-0.2, 0) is 10.0 Å². The Hall–Kier alpha value is -1.11. The Morgan fingerprint density at radius 3 is 2.52 bits per heavy atom. The monoisotopic (exact) mass is 330 g/mol. The van der Waals surface area contributed by atoms with E-state index >= 15 is 0 Å². The molecule has 1 amide bonds. The van der Waals surface area contributed by atoms with E-state index in [4.69, 9.17) is 16.7 Å². The van der Waals surface area contributed by atoms with Crippen molar-refractivity contribution < 1.29 is 13.2 Å². The fourth-order valence-corrected chi connectivity index (χ4v) is 3.18. The molecule has 116 valence electrons. The Morgan fingerprint density at radius 1 is 1.48 bits per heavy atom. The smallest absolute Gasteiger partial charge is 0.253 e. The van der Waals surface area contributed by atoms with Gasteiger partial charge in [-0.3, -0.25) is 4.79 Å². The van der Waals surface area contributed by atoms with E-state index in [0.717, 1.165) is 6.42 Å². The number of rotatable bonds is 4. The molecule has 1 saturated carbocycles. The molecule has 1 aromatic rings. The summed E-state index contributed by atoms with van der Waals surface area (Å²) >= 11 is 6.02. The number of hydrogen-bond donors (Lipinski definition) is 1. The molecule has 1 aromatic carbocycles. The zero-order valence-electron chi connectivity index (χ0n) is 12.3. The van der Waals surface area contributed by atoms with Crippen molar-refractivity contribution in [1.29, 1.82) is 0 Å². The van der Waals surface area contributed by atoms with Crippen LogP contribution in [0.3, 0.4) is 0 Å². The molecule has 1 aliphatic carbocycles. The van der Waals surface area contributed by atoms with E-state index < -0.39 is 10.0 Å². The number of amides is 1. The molecule has 0 heterocycles. The van der Waals surface area contributed by atoms with Gasteiger partial charge in [0.2, 0.25) is 10.0 Å². The number of nitrogens with zero attached hydrogens (tertiary/aromatic N) is 1. The normalized spacial score (nSPS) is 21.2. The minimum Gasteiger partial charge on any atom is -0.341 e. The van der Waals surface area contributed by atoms with E-state index in [0.29, 0.717) is 23.9 Å². The first-order valence-electron chi connectivity index (χ1n) is 6.69. The third kappa shape index (κ3) is 3.56. The van der Waals surface area contributed by atoms with E-state index in [2.05, 4.69) is 6.92 Å². The van der Waals surface area contributed by atoms with Crippen molar-refractivity contribution >= 4 is 27.5 Å². The zero-order valence-corrected chi connectivity index (χ0v) is 13.8. The summed E-state index contributed by atoms with van der Waals surface area (Å²) < 4.78 is 22.9. The third-order valence-corrected chi connectivity index (χ3v) is 5.29. The van der Waals surface area contributed by atoms with Crippen LogP contribution in [0.2, 0.25) is 5.02 Å². The van der Waals surface area contributed by atoms with Crippen molar-refractivity contribution in [2.45, 2.75) is 25.2 Å². The van der Waals surface area contributed by atoms with Crippen molar-refractivity contribution in [3.63, 3.8) is 0 Å². The maximum absolute atomic E-state index is 12.5.